The molecule has 2 aliphatic carbocycles. The Bertz CT molecular complexity index is 3430. The molecular formula is C55H32S. The van der Waals surface area contributed by atoms with Crippen molar-refractivity contribution in [3.8, 4) is 44.5 Å². The highest BCUT2D eigenvalue weighted by atomic mass is 32.1. The van der Waals surface area contributed by atoms with Crippen LogP contribution in [-0.2, 0) is 5.41 Å². The standard InChI is InChI=1S/C55H32S/c1-2-13-37-33(12-1)28-31-50-53(37)54-43-18-4-3-14-38(43)45(32-51(54)56-50)35-26-24-34(25-27-35)36-29-30-44-41-17-7-10-22-48(41)55(49-23-11-19-42(36)52(44)49)46-20-8-5-15-39(46)40-16-6-9-21-47(40)55/h1-32H. The molecule has 0 unspecified atom stereocenters. The maximum atomic E-state index is 2.43. The summed E-state index contributed by atoms with van der Waals surface area (Å²) in [6, 6.07) is 73.1. The zero-order valence-electron chi connectivity index (χ0n) is 30.4. The third-order valence-electron chi connectivity index (χ3n) is 12.9. The van der Waals surface area contributed by atoms with Crippen molar-refractivity contribution in [2.24, 2.45) is 0 Å². The first-order chi connectivity index (χ1) is 27.8. The van der Waals surface area contributed by atoms with Gasteiger partial charge in [0.15, 0.2) is 0 Å². The van der Waals surface area contributed by atoms with Crippen LogP contribution in [-0.4, -0.2) is 0 Å². The van der Waals surface area contributed by atoms with Crippen molar-refractivity contribution in [1.29, 1.82) is 0 Å². The van der Waals surface area contributed by atoms with Gasteiger partial charge in [-0.2, -0.15) is 0 Å². The van der Waals surface area contributed by atoms with E-state index in [1.165, 1.54) is 119 Å². The SMILES string of the molecule is c1ccc2c(c1)-c1ccccc1C21c2ccccc2-c2ccc(-c3ccc(-c4cc5sc6ccc7ccccc7c6c5c5ccccc45)cc3)c3cccc1c23. The minimum absolute atomic E-state index is 0.392. The fraction of sp³-hybridized carbons (Fsp3) is 0.0182. The number of fused-ring (bicyclic) bond motifs is 16. The summed E-state index contributed by atoms with van der Waals surface area (Å²) >= 11 is 1.91. The molecular weight excluding hydrogens is 693 g/mol. The van der Waals surface area contributed by atoms with Crippen molar-refractivity contribution < 1.29 is 0 Å². The fourth-order valence-electron chi connectivity index (χ4n) is 10.7. The van der Waals surface area contributed by atoms with Crippen LogP contribution in [0.25, 0.3) is 97.0 Å². The van der Waals surface area contributed by atoms with Crippen molar-refractivity contribution in [3.05, 3.63) is 216 Å². The molecule has 0 aliphatic heterocycles. The van der Waals surface area contributed by atoms with Crippen LogP contribution in [0.15, 0.2) is 194 Å². The van der Waals surface area contributed by atoms with E-state index in [4.69, 9.17) is 0 Å². The van der Waals surface area contributed by atoms with Gasteiger partial charge in [-0.25, -0.2) is 0 Å². The number of hydrogen-bond donors (Lipinski definition) is 0. The largest absolute Gasteiger partial charge is 0.135 e. The summed E-state index contributed by atoms with van der Waals surface area (Å²) < 4.78 is 2.68. The number of benzene rings is 10. The molecule has 0 saturated carbocycles. The van der Waals surface area contributed by atoms with Gasteiger partial charge in [-0.3, -0.25) is 0 Å². The first-order valence-electron chi connectivity index (χ1n) is 19.5. The molecule has 0 radical (unpaired) electrons. The van der Waals surface area contributed by atoms with E-state index in [2.05, 4.69) is 194 Å². The molecule has 0 saturated heterocycles. The molecule has 0 nitrogen and oxygen atoms in total. The first-order valence-corrected chi connectivity index (χ1v) is 20.3. The summed E-state index contributed by atoms with van der Waals surface area (Å²) in [7, 11) is 0. The van der Waals surface area contributed by atoms with Gasteiger partial charge >= 0.3 is 0 Å². The van der Waals surface area contributed by atoms with Gasteiger partial charge in [0.05, 0.1) is 5.41 Å². The minimum atomic E-state index is -0.392. The van der Waals surface area contributed by atoms with Gasteiger partial charge in [-0.15, -0.1) is 11.3 Å². The third-order valence-corrected chi connectivity index (χ3v) is 14.0. The predicted octanol–water partition coefficient (Wildman–Crippen LogP) is 15.2. The topological polar surface area (TPSA) is 0 Å². The van der Waals surface area contributed by atoms with Crippen LogP contribution in [0.5, 0.6) is 0 Å². The Morgan fingerprint density at radius 2 is 0.804 bits per heavy atom. The Morgan fingerprint density at radius 3 is 1.52 bits per heavy atom. The molecule has 258 valence electrons. The average Bonchev–Trinajstić information content (AvgIpc) is 3.80. The van der Waals surface area contributed by atoms with Crippen LogP contribution in [0.2, 0.25) is 0 Å². The molecule has 0 bridgehead atoms. The third kappa shape index (κ3) is 3.83. The Balaban J connectivity index is 1.01. The Morgan fingerprint density at radius 1 is 0.286 bits per heavy atom. The van der Waals surface area contributed by atoms with Gasteiger partial charge in [0.1, 0.15) is 0 Å². The predicted molar refractivity (Wildman–Crippen MR) is 239 cm³/mol. The van der Waals surface area contributed by atoms with Crippen molar-refractivity contribution in [2.75, 3.05) is 0 Å². The van der Waals surface area contributed by atoms with Crippen LogP contribution < -0.4 is 0 Å². The normalized spacial score (nSPS) is 13.5. The molecule has 56 heavy (non-hydrogen) atoms. The number of thiophene rings is 1. The molecule has 0 fully saturated rings. The molecule has 13 rings (SSSR count). The lowest BCUT2D eigenvalue weighted by molar-refractivity contribution is 0.773. The highest BCUT2D eigenvalue weighted by Gasteiger charge is 2.49. The summed E-state index contributed by atoms with van der Waals surface area (Å²) in [5, 5.41) is 10.6. The summed E-state index contributed by atoms with van der Waals surface area (Å²) in [6.07, 6.45) is 0. The van der Waals surface area contributed by atoms with Crippen LogP contribution in [0, 0.1) is 0 Å². The maximum absolute atomic E-state index is 2.43. The number of rotatable bonds is 2. The molecule has 10 aromatic carbocycles. The molecule has 0 atom stereocenters. The fourth-order valence-corrected chi connectivity index (χ4v) is 11.8. The monoisotopic (exact) mass is 724 g/mol. The van der Waals surface area contributed by atoms with Crippen molar-refractivity contribution in [1.82, 2.24) is 0 Å². The summed E-state index contributed by atoms with van der Waals surface area (Å²) in [4.78, 5) is 0. The van der Waals surface area contributed by atoms with Crippen LogP contribution in [0.4, 0.5) is 0 Å². The van der Waals surface area contributed by atoms with E-state index in [0.29, 0.717) is 0 Å². The summed E-state index contributed by atoms with van der Waals surface area (Å²) in [6.45, 7) is 0. The molecule has 0 N–H and O–H groups in total. The molecule has 11 aromatic rings. The lowest BCUT2D eigenvalue weighted by Gasteiger charge is -2.40. The van der Waals surface area contributed by atoms with Gasteiger partial charge in [-0.05, 0) is 111 Å². The second kappa shape index (κ2) is 11.1. The molecule has 0 amide bonds. The van der Waals surface area contributed by atoms with E-state index in [-0.39, 0.29) is 0 Å². The minimum Gasteiger partial charge on any atom is -0.135 e. The molecule has 2 aliphatic rings. The van der Waals surface area contributed by atoms with Gasteiger partial charge in [0.2, 0.25) is 0 Å². The van der Waals surface area contributed by atoms with Crippen LogP contribution >= 0.6 is 11.3 Å². The van der Waals surface area contributed by atoms with Gasteiger partial charge < -0.3 is 0 Å². The van der Waals surface area contributed by atoms with Crippen molar-refractivity contribution >= 4 is 63.8 Å². The quantitative estimate of drug-likeness (QED) is 0.167. The highest BCUT2D eigenvalue weighted by Crippen LogP contribution is 2.62. The Labute approximate surface area is 328 Å². The Kier molecular flexibility index (Phi) is 6.07. The molecule has 1 heterocycles. The Hall–Kier alpha value is -6.80. The lowest BCUT2D eigenvalue weighted by Crippen LogP contribution is -2.31. The van der Waals surface area contributed by atoms with Crippen LogP contribution in [0.1, 0.15) is 22.3 Å². The van der Waals surface area contributed by atoms with E-state index in [1.807, 2.05) is 11.3 Å². The van der Waals surface area contributed by atoms with E-state index in [9.17, 15) is 0 Å². The van der Waals surface area contributed by atoms with E-state index >= 15 is 0 Å². The lowest BCUT2D eigenvalue weighted by atomic mass is 9.61. The first kappa shape index (κ1) is 30.5. The van der Waals surface area contributed by atoms with Crippen molar-refractivity contribution in [3.63, 3.8) is 0 Å². The van der Waals surface area contributed by atoms with E-state index < -0.39 is 5.41 Å². The summed E-state index contributed by atoms with van der Waals surface area (Å²) in [5.74, 6) is 0. The average molecular weight is 725 g/mol. The zero-order chi connectivity index (χ0) is 36.5. The summed E-state index contributed by atoms with van der Waals surface area (Å²) in [5.41, 5.74) is 15.4. The second-order valence-corrected chi connectivity index (χ2v) is 16.5. The van der Waals surface area contributed by atoms with Gasteiger partial charge in [-0.1, -0.05) is 182 Å². The van der Waals surface area contributed by atoms with Gasteiger partial charge in [0, 0.05) is 20.2 Å². The molecule has 1 heteroatoms. The molecule has 1 spiro atoms. The molecule has 1 aromatic heterocycles. The smallest absolute Gasteiger partial charge is 0.0725 e. The zero-order valence-corrected chi connectivity index (χ0v) is 31.2. The van der Waals surface area contributed by atoms with Crippen LogP contribution in [0.3, 0.4) is 0 Å². The number of hydrogen-bond acceptors (Lipinski definition) is 1. The second-order valence-electron chi connectivity index (χ2n) is 15.5. The highest BCUT2D eigenvalue weighted by molar-refractivity contribution is 7.26. The van der Waals surface area contributed by atoms with Gasteiger partial charge in [0.25, 0.3) is 0 Å². The maximum Gasteiger partial charge on any atom is 0.0725 e. The van der Waals surface area contributed by atoms with E-state index in [1.54, 1.807) is 0 Å². The van der Waals surface area contributed by atoms with Crippen molar-refractivity contribution in [2.45, 2.75) is 5.41 Å². The van der Waals surface area contributed by atoms with E-state index in [0.717, 1.165) is 0 Å².